The van der Waals surface area contributed by atoms with Crippen molar-refractivity contribution in [3.05, 3.63) is 36.4 Å². The lowest BCUT2D eigenvalue weighted by atomic mass is 10.4. The van der Waals surface area contributed by atoms with Crippen molar-refractivity contribution < 1.29 is 14.7 Å². The van der Waals surface area contributed by atoms with E-state index >= 15 is 0 Å². The Hall–Kier alpha value is -1.84. The van der Waals surface area contributed by atoms with Crippen molar-refractivity contribution in [2.45, 2.75) is 0 Å². The minimum atomic E-state index is -1.04. The van der Waals surface area contributed by atoms with Gasteiger partial charge in [-0.05, 0) is 0 Å². The van der Waals surface area contributed by atoms with Crippen LogP contribution in [0, 0.1) is 0 Å². The molecule has 2 N–H and O–H groups in total. The summed E-state index contributed by atoms with van der Waals surface area (Å²) in [4.78, 5) is 18.9. The van der Waals surface area contributed by atoms with Crippen LogP contribution < -0.4 is 5.32 Å². The molecule has 4 nitrogen and oxygen atoms in total. The maximum absolute atomic E-state index is 9.54. The Balaban J connectivity index is 0.000000223. The van der Waals surface area contributed by atoms with Crippen LogP contribution in [0.5, 0.6) is 0 Å². The summed E-state index contributed by atoms with van der Waals surface area (Å²) in [7, 11) is 0. The third-order valence-electron chi connectivity index (χ3n) is 1.00. The van der Waals surface area contributed by atoms with Gasteiger partial charge in [0, 0.05) is 0 Å². The zero-order chi connectivity index (χ0) is 9.94. The van der Waals surface area contributed by atoms with E-state index in [-0.39, 0.29) is 6.54 Å². The van der Waals surface area contributed by atoms with Crippen molar-refractivity contribution in [2.24, 2.45) is 0 Å². The molecule has 13 heavy (non-hydrogen) atoms. The molecule has 70 valence electrons. The topological polar surface area (TPSA) is 66.4 Å². The Labute approximate surface area is 76.2 Å². The minimum absolute atomic E-state index is 0.302. The molecule has 0 saturated heterocycles. The van der Waals surface area contributed by atoms with Crippen molar-refractivity contribution >= 4 is 12.4 Å². The molecular formula is C9H11NO3. The fourth-order valence-electron chi connectivity index (χ4n) is 0.514. The highest BCUT2D eigenvalue weighted by molar-refractivity contribution is 5.71. The van der Waals surface area contributed by atoms with Crippen molar-refractivity contribution in [3.63, 3.8) is 0 Å². The molecule has 1 rings (SSSR count). The second-order valence-corrected chi connectivity index (χ2v) is 2.05. The predicted molar refractivity (Wildman–Crippen MR) is 48.1 cm³/mol. The summed E-state index contributed by atoms with van der Waals surface area (Å²) in [5.74, 6) is -1.04. The van der Waals surface area contributed by atoms with Gasteiger partial charge in [-0.2, -0.15) is 0 Å². The molecule has 1 aromatic rings. The summed E-state index contributed by atoms with van der Waals surface area (Å²) in [6, 6.07) is 12.0. The van der Waals surface area contributed by atoms with E-state index < -0.39 is 5.97 Å². The van der Waals surface area contributed by atoms with Crippen LogP contribution in [0.1, 0.15) is 0 Å². The number of aliphatic carboxylic acids is 1. The molecule has 0 saturated carbocycles. The van der Waals surface area contributed by atoms with Crippen molar-refractivity contribution in [2.75, 3.05) is 6.54 Å². The number of carbonyl (C=O) groups excluding carboxylic acids is 1. The van der Waals surface area contributed by atoms with E-state index in [1.54, 1.807) is 0 Å². The first kappa shape index (κ1) is 11.2. The molecule has 0 aromatic heterocycles. The molecule has 0 aliphatic carbocycles. The number of carboxylic acids is 1. The summed E-state index contributed by atoms with van der Waals surface area (Å²) < 4.78 is 0. The molecule has 1 aromatic carbocycles. The van der Waals surface area contributed by atoms with Crippen LogP contribution in [0.15, 0.2) is 36.4 Å². The lowest BCUT2D eigenvalue weighted by molar-refractivity contribution is -0.136. The lowest BCUT2D eigenvalue weighted by Gasteiger charge is -1.85. The number of amides is 1. The van der Waals surface area contributed by atoms with Gasteiger partial charge in [-0.25, -0.2) is 0 Å². The maximum Gasteiger partial charge on any atom is 0.322 e. The smallest absolute Gasteiger partial charge is 0.322 e. The molecule has 0 aliphatic rings. The van der Waals surface area contributed by atoms with Crippen LogP contribution in [-0.4, -0.2) is 24.0 Å². The SMILES string of the molecule is O=CNCC(=O)O.c1ccccc1. The molecule has 0 unspecified atom stereocenters. The second kappa shape index (κ2) is 8.26. The van der Waals surface area contributed by atoms with Gasteiger partial charge in [-0.1, -0.05) is 36.4 Å². The average molecular weight is 181 g/mol. The molecule has 0 fully saturated rings. The molecule has 0 heterocycles. The molecule has 4 heteroatoms. The Kier molecular flexibility index (Phi) is 7.09. The van der Waals surface area contributed by atoms with Crippen LogP contribution >= 0.6 is 0 Å². The third kappa shape index (κ3) is 10.2. The summed E-state index contributed by atoms with van der Waals surface area (Å²) >= 11 is 0. The van der Waals surface area contributed by atoms with Gasteiger partial charge in [0.25, 0.3) is 0 Å². The monoisotopic (exact) mass is 181 g/mol. The molecule has 0 aliphatic heterocycles. The molecule has 0 spiro atoms. The Morgan fingerprint density at radius 2 is 1.54 bits per heavy atom. The van der Waals surface area contributed by atoms with Gasteiger partial charge in [0.2, 0.25) is 6.41 Å². The van der Waals surface area contributed by atoms with Gasteiger partial charge in [0.15, 0.2) is 0 Å². The zero-order valence-electron chi connectivity index (χ0n) is 7.01. The van der Waals surface area contributed by atoms with Gasteiger partial charge >= 0.3 is 5.97 Å². The molecule has 0 bridgehead atoms. The molecule has 0 atom stereocenters. The average Bonchev–Trinajstić information content (AvgIpc) is 2.18. The summed E-state index contributed by atoms with van der Waals surface area (Å²) in [5, 5.41) is 9.79. The highest BCUT2D eigenvalue weighted by Gasteiger charge is 1.88. The van der Waals surface area contributed by atoms with Crippen LogP contribution in [0.3, 0.4) is 0 Å². The van der Waals surface area contributed by atoms with Gasteiger partial charge in [0.05, 0.1) is 0 Å². The first-order valence-electron chi connectivity index (χ1n) is 3.66. The first-order chi connectivity index (χ1) is 6.27. The van der Waals surface area contributed by atoms with E-state index in [1.165, 1.54) is 0 Å². The molecular weight excluding hydrogens is 170 g/mol. The number of nitrogens with one attached hydrogen (secondary N) is 1. The first-order valence-corrected chi connectivity index (χ1v) is 3.66. The van der Waals surface area contributed by atoms with Gasteiger partial charge in [-0.15, -0.1) is 0 Å². The number of carboxylic acid groups (broad SMARTS) is 1. The van der Waals surface area contributed by atoms with E-state index in [4.69, 9.17) is 5.11 Å². The fourth-order valence-corrected chi connectivity index (χ4v) is 0.514. The van der Waals surface area contributed by atoms with E-state index in [0.717, 1.165) is 0 Å². The van der Waals surface area contributed by atoms with Crippen molar-refractivity contribution in [1.82, 2.24) is 5.32 Å². The van der Waals surface area contributed by atoms with Crippen LogP contribution in [0.2, 0.25) is 0 Å². The highest BCUT2D eigenvalue weighted by atomic mass is 16.4. The van der Waals surface area contributed by atoms with Crippen LogP contribution in [0.4, 0.5) is 0 Å². The summed E-state index contributed by atoms with van der Waals surface area (Å²) in [6.45, 7) is -0.302. The maximum atomic E-state index is 9.54. The lowest BCUT2D eigenvalue weighted by Crippen LogP contribution is -2.20. The predicted octanol–water partition coefficient (Wildman–Crippen LogP) is 0.504. The van der Waals surface area contributed by atoms with Gasteiger partial charge in [0.1, 0.15) is 6.54 Å². The van der Waals surface area contributed by atoms with Crippen LogP contribution in [-0.2, 0) is 9.59 Å². The molecule has 1 amide bonds. The van der Waals surface area contributed by atoms with Crippen LogP contribution in [0.25, 0.3) is 0 Å². The minimum Gasteiger partial charge on any atom is -0.480 e. The number of carbonyl (C=O) groups is 2. The highest BCUT2D eigenvalue weighted by Crippen LogP contribution is 1.79. The summed E-state index contributed by atoms with van der Waals surface area (Å²) in [6.07, 6.45) is 0.341. The van der Waals surface area contributed by atoms with Crippen molar-refractivity contribution in [1.29, 1.82) is 0 Å². The molecule has 0 radical (unpaired) electrons. The fraction of sp³-hybridized carbons (Fsp3) is 0.111. The van der Waals surface area contributed by atoms with E-state index in [9.17, 15) is 9.59 Å². The number of hydrogen-bond acceptors (Lipinski definition) is 2. The summed E-state index contributed by atoms with van der Waals surface area (Å²) in [5.41, 5.74) is 0. The number of rotatable bonds is 3. The zero-order valence-corrected chi connectivity index (χ0v) is 7.01. The second-order valence-electron chi connectivity index (χ2n) is 2.05. The van der Waals surface area contributed by atoms with Gasteiger partial charge < -0.3 is 10.4 Å². The van der Waals surface area contributed by atoms with Gasteiger partial charge in [-0.3, -0.25) is 9.59 Å². The number of hydrogen-bond donors (Lipinski definition) is 2. The standard InChI is InChI=1S/C6H6.C3H5NO3/c1-2-4-6-5-3-1;5-2-4-1-3(6)7/h1-6H;2H,1H2,(H,4,5)(H,6,7). The quantitative estimate of drug-likeness (QED) is 0.667. The Morgan fingerprint density at radius 3 is 1.69 bits per heavy atom. The normalized spacial score (nSPS) is 7.69. The number of benzene rings is 1. The van der Waals surface area contributed by atoms with E-state index in [2.05, 4.69) is 0 Å². The Bertz CT molecular complexity index is 209. The van der Waals surface area contributed by atoms with E-state index in [1.807, 2.05) is 41.7 Å². The van der Waals surface area contributed by atoms with Crippen molar-refractivity contribution in [3.8, 4) is 0 Å². The Morgan fingerprint density at radius 1 is 1.15 bits per heavy atom. The van der Waals surface area contributed by atoms with E-state index in [0.29, 0.717) is 6.41 Å². The third-order valence-corrected chi connectivity index (χ3v) is 1.00. The largest absolute Gasteiger partial charge is 0.480 e.